The minimum atomic E-state index is 0.845. The molecule has 0 spiro atoms. The maximum atomic E-state index is 4.97. The first kappa shape index (κ1) is 8.34. The zero-order valence-corrected chi connectivity index (χ0v) is 7.21. The molecule has 0 unspecified atom stereocenters. The number of hydrogen-bond acceptors (Lipinski definition) is 1. The van der Waals surface area contributed by atoms with Crippen molar-refractivity contribution < 1.29 is 4.74 Å². The SMILES string of the molecule is COCCCn1cccc1C. The molecule has 0 saturated heterocycles. The van der Waals surface area contributed by atoms with Gasteiger partial charge in [-0.25, -0.2) is 0 Å². The summed E-state index contributed by atoms with van der Waals surface area (Å²) in [5, 5.41) is 0. The lowest BCUT2D eigenvalue weighted by Crippen LogP contribution is -2.01. The van der Waals surface area contributed by atoms with Gasteiger partial charge in [0.1, 0.15) is 0 Å². The van der Waals surface area contributed by atoms with Gasteiger partial charge in [-0.15, -0.1) is 0 Å². The molecule has 2 nitrogen and oxygen atoms in total. The van der Waals surface area contributed by atoms with E-state index in [1.807, 2.05) is 0 Å². The first-order chi connectivity index (χ1) is 5.34. The van der Waals surface area contributed by atoms with Crippen LogP contribution >= 0.6 is 0 Å². The van der Waals surface area contributed by atoms with Gasteiger partial charge in [-0.1, -0.05) is 0 Å². The summed E-state index contributed by atoms with van der Waals surface area (Å²) in [4.78, 5) is 0. The van der Waals surface area contributed by atoms with Crippen LogP contribution in [0.4, 0.5) is 0 Å². The van der Waals surface area contributed by atoms with Crippen molar-refractivity contribution in [2.75, 3.05) is 13.7 Å². The Morgan fingerprint density at radius 1 is 1.55 bits per heavy atom. The second-order valence-electron chi connectivity index (χ2n) is 2.69. The minimum absolute atomic E-state index is 0.845. The lowest BCUT2D eigenvalue weighted by molar-refractivity contribution is 0.190. The summed E-state index contributed by atoms with van der Waals surface area (Å²) >= 11 is 0. The fourth-order valence-electron chi connectivity index (χ4n) is 1.13. The Morgan fingerprint density at radius 3 is 2.91 bits per heavy atom. The topological polar surface area (TPSA) is 14.2 Å². The number of nitrogens with zero attached hydrogens (tertiary/aromatic N) is 1. The Labute approximate surface area is 67.8 Å². The van der Waals surface area contributed by atoms with E-state index in [2.05, 4.69) is 29.8 Å². The zero-order chi connectivity index (χ0) is 8.10. The van der Waals surface area contributed by atoms with Gasteiger partial charge >= 0.3 is 0 Å². The highest BCUT2D eigenvalue weighted by Gasteiger charge is 1.93. The van der Waals surface area contributed by atoms with Crippen LogP contribution in [0.15, 0.2) is 18.3 Å². The molecule has 0 N–H and O–H groups in total. The highest BCUT2D eigenvalue weighted by Crippen LogP contribution is 2.00. The fourth-order valence-corrected chi connectivity index (χ4v) is 1.13. The van der Waals surface area contributed by atoms with Gasteiger partial charge in [-0.2, -0.15) is 0 Å². The molecule has 0 aromatic carbocycles. The average Bonchev–Trinajstić information content (AvgIpc) is 2.37. The van der Waals surface area contributed by atoms with Gasteiger partial charge in [0.15, 0.2) is 0 Å². The molecule has 11 heavy (non-hydrogen) atoms. The molecule has 0 fully saturated rings. The number of hydrogen-bond donors (Lipinski definition) is 0. The van der Waals surface area contributed by atoms with Crippen molar-refractivity contribution in [1.29, 1.82) is 0 Å². The van der Waals surface area contributed by atoms with Crippen molar-refractivity contribution in [2.45, 2.75) is 19.9 Å². The third kappa shape index (κ3) is 2.39. The monoisotopic (exact) mass is 153 g/mol. The lowest BCUT2D eigenvalue weighted by atomic mass is 10.4. The van der Waals surface area contributed by atoms with Gasteiger partial charge in [-0.3, -0.25) is 0 Å². The van der Waals surface area contributed by atoms with Crippen LogP contribution < -0.4 is 0 Å². The summed E-state index contributed by atoms with van der Waals surface area (Å²) in [7, 11) is 1.74. The molecule has 62 valence electrons. The molecular weight excluding hydrogens is 138 g/mol. The number of aryl methyl sites for hydroxylation is 2. The van der Waals surface area contributed by atoms with Crippen molar-refractivity contribution in [3.05, 3.63) is 24.0 Å². The maximum absolute atomic E-state index is 4.97. The molecule has 0 radical (unpaired) electrons. The molecule has 1 aromatic heterocycles. The number of methoxy groups -OCH3 is 1. The Morgan fingerprint density at radius 2 is 2.36 bits per heavy atom. The van der Waals surface area contributed by atoms with E-state index >= 15 is 0 Å². The third-order valence-electron chi connectivity index (χ3n) is 1.80. The van der Waals surface area contributed by atoms with E-state index in [1.54, 1.807) is 7.11 Å². The predicted octanol–water partition coefficient (Wildman–Crippen LogP) is 1.83. The van der Waals surface area contributed by atoms with Crippen LogP contribution in [0.3, 0.4) is 0 Å². The molecule has 1 aromatic rings. The molecule has 0 atom stereocenters. The van der Waals surface area contributed by atoms with E-state index < -0.39 is 0 Å². The molecular formula is C9H15NO. The molecule has 2 heteroatoms. The first-order valence-corrected chi connectivity index (χ1v) is 3.95. The molecule has 1 rings (SSSR count). The second kappa shape index (κ2) is 4.19. The van der Waals surface area contributed by atoms with E-state index in [-0.39, 0.29) is 0 Å². The normalized spacial score (nSPS) is 10.4. The zero-order valence-electron chi connectivity index (χ0n) is 7.21. The summed E-state index contributed by atoms with van der Waals surface area (Å²) in [6.07, 6.45) is 3.19. The molecule has 0 aliphatic heterocycles. The van der Waals surface area contributed by atoms with E-state index in [0.29, 0.717) is 0 Å². The standard InChI is InChI=1S/C9H15NO/c1-9-5-3-6-10(9)7-4-8-11-2/h3,5-6H,4,7-8H2,1-2H3. The van der Waals surface area contributed by atoms with Crippen LogP contribution in [0.5, 0.6) is 0 Å². The van der Waals surface area contributed by atoms with Gasteiger partial charge in [-0.05, 0) is 25.5 Å². The van der Waals surface area contributed by atoms with Crippen LogP contribution in [0.2, 0.25) is 0 Å². The molecule has 0 bridgehead atoms. The van der Waals surface area contributed by atoms with Crippen LogP contribution in [-0.4, -0.2) is 18.3 Å². The Kier molecular flexibility index (Phi) is 3.17. The Balaban J connectivity index is 2.32. The van der Waals surface area contributed by atoms with Crippen LogP contribution in [0.1, 0.15) is 12.1 Å². The lowest BCUT2D eigenvalue weighted by Gasteiger charge is -2.04. The smallest absolute Gasteiger partial charge is 0.0479 e. The van der Waals surface area contributed by atoms with Gasteiger partial charge in [0.05, 0.1) is 0 Å². The second-order valence-corrected chi connectivity index (χ2v) is 2.69. The summed E-state index contributed by atoms with van der Waals surface area (Å²) in [5.74, 6) is 0. The van der Waals surface area contributed by atoms with Crippen molar-refractivity contribution >= 4 is 0 Å². The largest absolute Gasteiger partial charge is 0.385 e. The summed E-state index contributed by atoms with van der Waals surface area (Å²) in [6.45, 7) is 4.02. The first-order valence-electron chi connectivity index (χ1n) is 3.95. The van der Waals surface area contributed by atoms with Crippen molar-refractivity contribution in [2.24, 2.45) is 0 Å². The quantitative estimate of drug-likeness (QED) is 0.602. The van der Waals surface area contributed by atoms with Crippen molar-refractivity contribution in [3.8, 4) is 0 Å². The third-order valence-corrected chi connectivity index (χ3v) is 1.80. The molecule has 0 saturated carbocycles. The summed E-state index contributed by atoms with van der Waals surface area (Å²) in [5.41, 5.74) is 1.32. The fraction of sp³-hybridized carbons (Fsp3) is 0.556. The number of aromatic nitrogens is 1. The number of ether oxygens (including phenoxy) is 1. The highest BCUT2D eigenvalue weighted by atomic mass is 16.5. The summed E-state index contributed by atoms with van der Waals surface area (Å²) in [6, 6.07) is 4.19. The summed E-state index contributed by atoms with van der Waals surface area (Å²) < 4.78 is 7.20. The van der Waals surface area contributed by atoms with Gasteiger partial charge in [0.25, 0.3) is 0 Å². The van der Waals surface area contributed by atoms with Gasteiger partial charge in [0, 0.05) is 32.2 Å². The van der Waals surface area contributed by atoms with Gasteiger partial charge < -0.3 is 9.30 Å². The Bertz CT molecular complexity index is 205. The number of rotatable bonds is 4. The molecule has 0 aliphatic rings. The minimum Gasteiger partial charge on any atom is -0.385 e. The predicted molar refractivity (Wildman–Crippen MR) is 45.7 cm³/mol. The van der Waals surface area contributed by atoms with E-state index in [1.165, 1.54) is 5.69 Å². The highest BCUT2D eigenvalue weighted by molar-refractivity contribution is 5.03. The van der Waals surface area contributed by atoms with E-state index in [9.17, 15) is 0 Å². The molecule has 0 aliphatic carbocycles. The van der Waals surface area contributed by atoms with Crippen LogP contribution in [0.25, 0.3) is 0 Å². The van der Waals surface area contributed by atoms with Crippen LogP contribution in [0, 0.1) is 6.92 Å². The maximum Gasteiger partial charge on any atom is 0.0479 e. The van der Waals surface area contributed by atoms with Gasteiger partial charge in [0.2, 0.25) is 0 Å². The van der Waals surface area contributed by atoms with Crippen molar-refractivity contribution in [1.82, 2.24) is 4.57 Å². The molecule has 0 amide bonds. The van der Waals surface area contributed by atoms with Crippen LogP contribution in [-0.2, 0) is 11.3 Å². The Hall–Kier alpha value is -0.760. The molecule has 1 heterocycles. The van der Waals surface area contributed by atoms with E-state index in [0.717, 1.165) is 19.6 Å². The average molecular weight is 153 g/mol. The van der Waals surface area contributed by atoms with E-state index in [4.69, 9.17) is 4.74 Å². The van der Waals surface area contributed by atoms with Crippen molar-refractivity contribution in [3.63, 3.8) is 0 Å².